The molecule has 0 spiro atoms. The molecule has 0 aliphatic heterocycles. The first-order valence-electron chi connectivity index (χ1n) is 6.73. The van der Waals surface area contributed by atoms with Gasteiger partial charge in [-0.25, -0.2) is 9.67 Å². The zero-order chi connectivity index (χ0) is 13.9. The molecule has 20 heavy (non-hydrogen) atoms. The van der Waals surface area contributed by atoms with Gasteiger partial charge >= 0.3 is 0 Å². The Kier molecular flexibility index (Phi) is 3.33. The summed E-state index contributed by atoms with van der Waals surface area (Å²) in [5.41, 5.74) is 4.91. The molecule has 1 aromatic heterocycles. The molecule has 1 heterocycles. The topological polar surface area (TPSA) is 30.7 Å². The minimum atomic E-state index is 0.756. The van der Waals surface area contributed by atoms with E-state index in [-0.39, 0.29) is 0 Å². The van der Waals surface area contributed by atoms with Crippen LogP contribution in [0.25, 0.3) is 11.4 Å². The molecular weight excluding hydrogens is 246 g/mol. The Labute approximate surface area is 118 Å². The Bertz CT molecular complexity index is 714. The molecule has 3 aromatic rings. The highest BCUT2D eigenvalue weighted by Gasteiger charge is 2.05. The van der Waals surface area contributed by atoms with Crippen molar-refractivity contribution in [2.45, 2.75) is 20.4 Å². The molecule has 0 aliphatic rings. The lowest BCUT2D eigenvalue weighted by Crippen LogP contribution is -2.02. The van der Waals surface area contributed by atoms with Gasteiger partial charge in [0.2, 0.25) is 0 Å². The van der Waals surface area contributed by atoms with Gasteiger partial charge in [0.15, 0.2) is 5.82 Å². The number of aromatic nitrogens is 3. The van der Waals surface area contributed by atoms with Crippen molar-refractivity contribution >= 4 is 0 Å². The first-order chi connectivity index (χ1) is 9.72. The lowest BCUT2D eigenvalue weighted by atomic mass is 10.1. The lowest BCUT2D eigenvalue weighted by Gasteiger charge is -2.06. The number of aryl methyl sites for hydroxylation is 2. The number of hydrogen-bond donors (Lipinski definition) is 0. The van der Waals surface area contributed by atoms with E-state index < -0.39 is 0 Å². The summed E-state index contributed by atoms with van der Waals surface area (Å²) in [7, 11) is 0. The smallest absolute Gasteiger partial charge is 0.181 e. The predicted octanol–water partition coefficient (Wildman–Crippen LogP) is 3.61. The van der Waals surface area contributed by atoms with Crippen LogP contribution in [0, 0.1) is 13.8 Å². The van der Waals surface area contributed by atoms with Crippen molar-refractivity contribution in [2.24, 2.45) is 0 Å². The number of rotatable bonds is 3. The molecule has 0 N–H and O–H groups in total. The Morgan fingerprint density at radius 1 is 1.00 bits per heavy atom. The van der Waals surface area contributed by atoms with Gasteiger partial charge in [-0.15, -0.1) is 0 Å². The average Bonchev–Trinajstić information content (AvgIpc) is 2.92. The monoisotopic (exact) mass is 263 g/mol. The van der Waals surface area contributed by atoms with Gasteiger partial charge in [-0.3, -0.25) is 0 Å². The molecule has 0 atom stereocenters. The van der Waals surface area contributed by atoms with E-state index in [4.69, 9.17) is 0 Å². The average molecular weight is 263 g/mol. The second-order valence-electron chi connectivity index (χ2n) is 5.06. The van der Waals surface area contributed by atoms with E-state index in [9.17, 15) is 0 Å². The molecule has 3 nitrogen and oxygen atoms in total. The van der Waals surface area contributed by atoms with E-state index in [1.807, 2.05) is 35.0 Å². The standard InChI is InChI=1S/C17H17N3/c1-13-8-9-16(14(2)10-13)11-20-12-18-17(19-20)15-6-4-3-5-7-15/h3-10,12H,11H2,1-2H3. The third kappa shape index (κ3) is 2.62. The summed E-state index contributed by atoms with van der Waals surface area (Å²) in [6.45, 7) is 5.00. The van der Waals surface area contributed by atoms with Crippen LogP contribution in [0.3, 0.4) is 0 Å². The molecule has 0 saturated heterocycles. The van der Waals surface area contributed by atoms with Crippen molar-refractivity contribution in [1.82, 2.24) is 14.8 Å². The summed E-state index contributed by atoms with van der Waals surface area (Å²) >= 11 is 0. The van der Waals surface area contributed by atoms with E-state index in [1.54, 1.807) is 6.33 Å². The zero-order valence-electron chi connectivity index (χ0n) is 11.7. The van der Waals surface area contributed by atoms with Gasteiger partial charge in [-0.1, -0.05) is 54.1 Å². The molecule has 3 rings (SSSR count). The van der Waals surface area contributed by atoms with Crippen LogP contribution in [0.1, 0.15) is 16.7 Å². The number of hydrogen-bond acceptors (Lipinski definition) is 2. The van der Waals surface area contributed by atoms with Gasteiger partial charge in [0.1, 0.15) is 6.33 Å². The maximum atomic E-state index is 4.54. The summed E-state index contributed by atoms with van der Waals surface area (Å²) in [5, 5.41) is 4.54. The molecular formula is C17H17N3. The molecule has 0 aliphatic carbocycles. The molecule has 0 unspecified atom stereocenters. The third-order valence-corrected chi connectivity index (χ3v) is 3.40. The molecule has 2 aromatic carbocycles. The Hall–Kier alpha value is -2.42. The minimum absolute atomic E-state index is 0.756. The van der Waals surface area contributed by atoms with E-state index in [1.165, 1.54) is 16.7 Å². The van der Waals surface area contributed by atoms with Crippen LogP contribution in [0.5, 0.6) is 0 Å². The molecule has 0 radical (unpaired) electrons. The minimum Gasteiger partial charge on any atom is -0.248 e. The lowest BCUT2D eigenvalue weighted by molar-refractivity contribution is 0.684. The van der Waals surface area contributed by atoms with Crippen molar-refractivity contribution in [3.8, 4) is 11.4 Å². The van der Waals surface area contributed by atoms with E-state index >= 15 is 0 Å². The van der Waals surface area contributed by atoms with Crippen LogP contribution in [-0.4, -0.2) is 14.8 Å². The van der Waals surface area contributed by atoms with Crippen molar-refractivity contribution in [2.75, 3.05) is 0 Å². The molecule has 0 amide bonds. The Balaban J connectivity index is 1.84. The van der Waals surface area contributed by atoms with Crippen LogP contribution >= 0.6 is 0 Å². The fourth-order valence-corrected chi connectivity index (χ4v) is 2.29. The molecule has 0 saturated carbocycles. The molecule has 3 heteroatoms. The summed E-state index contributed by atoms with van der Waals surface area (Å²) in [5.74, 6) is 0.773. The third-order valence-electron chi connectivity index (χ3n) is 3.40. The van der Waals surface area contributed by atoms with Crippen LogP contribution in [0.4, 0.5) is 0 Å². The Morgan fingerprint density at radius 2 is 1.80 bits per heavy atom. The van der Waals surface area contributed by atoms with Gasteiger partial charge in [0.25, 0.3) is 0 Å². The largest absolute Gasteiger partial charge is 0.248 e. The van der Waals surface area contributed by atoms with Crippen LogP contribution in [0.15, 0.2) is 54.9 Å². The quantitative estimate of drug-likeness (QED) is 0.722. The first-order valence-corrected chi connectivity index (χ1v) is 6.73. The molecule has 0 fully saturated rings. The van der Waals surface area contributed by atoms with Gasteiger partial charge in [-0.2, -0.15) is 5.10 Å². The van der Waals surface area contributed by atoms with Gasteiger partial charge in [0, 0.05) is 5.56 Å². The van der Waals surface area contributed by atoms with Gasteiger partial charge in [-0.05, 0) is 25.0 Å². The molecule has 100 valence electrons. The van der Waals surface area contributed by atoms with Crippen molar-refractivity contribution in [1.29, 1.82) is 0 Å². The summed E-state index contributed by atoms with van der Waals surface area (Å²) in [4.78, 5) is 4.38. The SMILES string of the molecule is Cc1ccc(Cn2cnc(-c3ccccc3)n2)c(C)c1. The first kappa shape index (κ1) is 12.6. The maximum absolute atomic E-state index is 4.54. The second kappa shape index (κ2) is 5.29. The van der Waals surface area contributed by atoms with E-state index in [0.29, 0.717) is 0 Å². The number of nitrogens with zero attached hydrogens (tertiary/aromatic N) is 3. The highest BCUT2D eigenvalue weighted by atomic mass is 15.3. The Morgan fingerprint density at radius 3 is 2.55 bits per heavy atom. The van der Waals surface area contributed by atoms with E-state index in [2.05, 4.69) is 42.1 Å². The van der Waals surface area contributed by atoms with Gasteiger partial charge < -0.3 is 0 Å². The maximum Gasteiger partial charge on any atom is 0.181 e. The summed E-state index contributed by atoms with van der Waals surface area (Å²) in [6.07, 6.45) is 1.79. The summed E-state index contributed by atoms with van der Waals surface area (Å²) < 4.78 is 1.89. The van der Waals surface area contributed by atoms with Gasteiger partial charge in [0.05, 0.1) is 6.54 Å². The fourth-order valence-electron chi connectivity index (χ4n) is 2.29. The second-order valence-corrected chi connectivity index (χ2v) is 5.06. The zero-order valence-corrected chi connectivity index (χ0v) is 11.7. The van der Waals surface area contributed by atoms with Crippen LogP contribution < -0.4 is 0 Å². The van der Waals surface area contributed by atoms with Crippen molar-refractivity contribution in [3.63, 3.8) is 0 Å². The predicted molar refractivity (Wildman–Crippen MR) is 80.5 cm³/mol. The van der Waals surface area contributed by atoms with Crippen molar-refractivity contribution in [3.05, 3.63) is 71.5 Å². The normalized spacial score (nSPS) is 10.7. The molecule has 0 bridgehead atoms. The summed E-state index contributed by atoms with van der Waals surface area (Å²) in [6, 6.07) is 16.5. The highest BCUT2D eigenvalue weighted by Crippen LogP contribution is 2.15. The van der Waals surface area contributed by atoms with Crippen LogP contribution in [-0.2, 0) is 6.54 Å². The fraction of sp³-hybridized carbons (Fsp3) is 0.176. The van der Waals surface area contributed by atoms with E-state index in [0.717, 1.165) is 17.9 Å². The van der Waals surface area contributed by atoms with Crippen LogP contribution in [0.2, 0.25) is 0 Å². The highest BCUT2D eigenvalue weighted by molar-refractivity contribution is 5.53. The number of benzene rings is 2. The van der Waals surface area contributed by atoms with Crippen molar-refractivity contribution < 1.29 is 0 Å².